The molecule has 0 atom stereocenters. The zero-order chi connectivity index (χ0) is 17.4. The van der Waals surface area contributed by atoms with Crippen LogP contribution in [0, 0.1) is 12.8 Å². The second kappa shape index (κ2) is 11.3. The maximum atomic E-state index is 11.5. The van der Waals surface area contributed by atoms with Crippen molar-refractivity contribution in [3.05, 3.63) is 35.4 Å². The highest BCUT2D eigenvalue weighted by molar-refractivity contribution is 14.0. The van der Waals surface area contributed by atoms with Gasteiger partial charge in [-0.15, -0.1) is 24.0 Å². The molecule has 2 rings (SSSR count). The largest absolute Gasteiger partial charge is 0.359 e. The van der Waals surface area contributed by atoms with Crippen LogP contribution in [0.1, 0.15) is 30.4 Å². The fourth-order valence-electron chi connectivity index (χ4n) is 3.23. The molecule has 1 aliphatic heterocycles. The van der Waals surface area contributed by atoms with E-state index in [1.54, 1.807) is 7.05 Å². The maximum absolute atomic E-state index is 11.5. The van der Waals surface area contributed by atoms with Crippen LogP contribution in [-0.2, 0) is 11.2 Å². The van der Waals surface area contributed by atoms with Crippen molar-refractivity contribution in [2.24, 2.45) is 10.9 Å². The lowest BCUT2D eigenvalue weighted by Gasteiger charge is -2.34. The zero-order valence-corrected chi connectivity index (χ0v) is 17.9. The molecule has 2 N–H and O–H groups in total. The van der Waals surface area contributed by atoms with Gasteiger partial charge in [0, 0.05) is 40.2 Å². The quantitative estimate of drug-likeness (QED) is 0.405. The average molecular weight is 458 g/mol. The average Bonchev–Trinajstić information content (AvgIpc) is 2.59. The molecular formula is C19H31IN4O. The number of carbonyl (C=O) groups excluding carboxylic acids is 1. The van der Waals surface area contributed by atoms with E-state index in [9.17, 15) is 4.79 Å². The van der Waals surface area contributed by atoms with Gasteiger partial charge < -0.3 is 15.5 Å². The molecule has 0 saturated carbocycles. The zero-order valence-electron chi connectivity index (χ0n) is 15.5. The molecule has 0 radical (unpaired) electrons. The normalized spacial score (nSPS) is 15.5. The SMILES string of the molecule is CN=C(NCCc1cccc(C)c1)N1CCC(CC(=O)NC)CC1.I. The van der Waals surface area contributed by atoms with Gasteiger partial charge in [-0.1, -0.05) is 29.8 Å². The van der Waals surface area contributed by atoms with Crippen molar-refractivity contribution in [1.82, 2.24) is 15.5 Å². The molecule has 25 heavy (non-hydrogen) atoms. The minimum absolute atomic E-state index is 0. The summed E-state index contributed by atoms with van der Waals surface area (Å²) in [5.41, 5.74) is 2.65. The van der Waals surface area contributed by atoms with Crippen LogP contribution in [-0.4, -0.2) is 50.5 Å². The summed E-state index contributed by atoms with van der Waals surface area (Å²) in [4.78, 5) is 18.2. The van der Waals surface area contributed by atoms with Crippen molar-refractivity contribution in [3.8, 4) is 0 Å². The number of likely N-dealkylation sites (tertiary alicyclic amines) is 1. The Bertz CT molecular complexity index is 568. The lowest BCUT2D eigenvalue weighted by atomic mass is 9.93. The first kappa shape index (κ1) is 21.7. The monoisotopic (exact) mass is 458 g/mol. The van der Waals surface area contributed by atoms with E-state index in [4.69, 9.17) is 0 Å². The summed E-state index contributed by atoms with van der Waals surface area (Å²) in [7, 11) is 3.54. The smallest absolute Gasteiger partial charge is 0.220 e. The highest BCUT2D eigenvalue weighted by atomic mass is 127. The number of aryl methyl sites for hydroxylation is 1. The minimum atomic E-state index is 0. The summed E-state index contributed by atoms with van der Waals surface area (Å²) in [6, 6.07) is 8.63. The van der Waals surface area contributed by atoms with Gasteiger partial charge in [-0.25, -0.2) is 0 Å². The molecule has 1 saturated heterocycles. The number of nitrogens with zero attached hydrogens (tertiary/aromatic N) is 2. The number of piperidine rings is 1. The maximum Gasteiger partial charge on any atom is 0.220 e. The van der Waals surface area contributed by atoms with Gasteiger partial charge in [0.25, 0.3) is 0 Å². The third-order valence-corrected chi connectivity index (χ3v) is 4.66. The number of halogens is 1. The van der Waals surface area contributed by atoms with E-state index in [2.05, 4.69) is 51.7 Å². The molecule has 0 aliphatic carbocycles. The molecular weight excluding hydrogens is 427 g/mol. The second-order valence-electron chi connectivity index (χ2n) is 6.52. The van der Waals surface area contributed by atoms with Crippen molar-refractivity contribution in [2.45, 2.75) is 32.6 Å². The number of hydrogen-bond donors (Lipinski definition) is 2. The number of nitrogens with one attached hydrogen (secondary N) is 2. The van der Waals surface area contributed by atoms with E-state index >= 15 is 0 Å². The molecule has 0 spiro atoms. The summed E-state index contributed by atoms with van der Waals surface area (Å²) < 4.78 is 0. The minimum Gasteiger partial charge on any atom is -0.359 e. The van der Waals surface area contributed by atoms with Gasteiger partial charge >= 0.3 is 0 Å². The number of benzene rings is 1. The molecule has 0 unspecified atom stereocenters. The van der Waals surface area contributed by atoms with Crippen molar-refractivity contribution in [1.29, 1.82) is 0 Å². The van der Waals surface area contributed by atoms with Gasteiger partial charge in [-0.2, -0.15) is 0 Å². The molecule has 1 heterocycles. The topological polar surface area (TPSA) is 56.7 Å². The molecule has 6 heteroatoms. The van der Waals surface area contributed by atoms with Crippen LogP contribution >= 0.6 is 24.0 Å². The Kier molecular flexibility index (Phi) is 9.85. The number of carbonyl (C=O) groups is 1. The van der Waals surface area contributed by atoms with Crippen molar-refractivity contribution in [2.75, 3.05) is 33.7 Å². The fraction of sp³-hybridized carbons (Fsp3) is 0.579. The molecule has 1 fully saturated rings. The second-order valence-corrected chi connectivity index (χ2v) is 6.52. The lowest BCUT2D eigenvalue weighted by Crippen LogP contribution is -2.46. The Balaban J connectivity index is 0.00000312. The standard InChI is InChI=1S/C19H30N4O.HI/c1-15-5-4-6-16(13-15)7-10-22-19(21-3)23-11-8-17(9-12-23)14-18(24)20-2;/h4-6,13,17H,7-12,14H2,1-3H3,(H,20,24)(H,21,22);1H. The Morgan fingerprint density at radius 3 is 2.64 bits per heavy atom. The van der Waals surface area contributed by atoms with Gasteiger partial charge in [-0.3, -0.25) is 9.79 Å². The van der Waals surface area contributed by atoms with Crippen LogP contribution in [0.3, 0.4) is 0 Å². The van der Waals surface area contributed by atoms with Gasteiger partial charge in [0.05, 0.1) is 0 Å². The van der Waals surface area contributed by atoms with E-state index in [0.29, 0.717) is 12.3 Å². The molecule has 140 valence electrons. The molecule has 0 bridgehead atoms. The van der Waals surface area contributed by atoms with Crippen LogP contribution in [0.25, 0.3) is 0 Å². The van der Waals surface area contributed by atoms with Gasteiger partial charge in [0.1, 0.15) is 0 Å². The van der Waals surface area contributed by atoms with Crippen molar-refractivity contribution >= 4 is 35.8 Å². The van der Waals surface area contributed by atoms with E-state index < -0.39 is 0 Å². The summed E-state index contributed by atoms with van der Waals surface area (Å²) in [5, 5.41) is 6.19. The number of rotatable bonds is 5. The number of aliphatic imine (C=N–C) groups is 1. The molecule has 1 amide bonds. The highest BCUT2D eigenvalue weighted by Gasteiger charge is 2.22. The third kappa shape index (κ3) is 7.22. The van der Waals surface area contributed by atoms with Gasteiger partial charge in [-0.05, 0) is 37.7 Å². The molecule has 0 aromatic heterocycles. The molecule has 5 nitrogen and oxygen atoms in total. The Labute approximate surface area is 168 Å². The molecule has 1 aromatic carbocycles. The van der Waals surface area contributed by atoms with E-state index in [1.807, 2.05) is 7.05 Å². The first-order valence-electron chi connectivity index (χ1n) is 8.84. The Hall–Kier alpha value is -1.31. The first-order chi connectivity index (χ1) is 11.6. The summed E-state index contributed by atoms with van der Waals surface area (Å²) in [6.45, 7) is 4.94. The summed E-state index contributed by atoms with van der Waals surface area (Å²) in [5.74, 6) is 1.61. The fourth-order valence-corrected chi connectivity index (χ4v) is 3.23. The van der Waals surface area contributed by atoms with Crippen molar-refractivity contribution in [3.63, 3.8) is 0 Å². The van der Waals surface area contributed by atoms with E-state index in [-0.39, 0.29) is 29.9 Å². The van der Waals surface area contributed by atoms with Crippen LogP contribution in [0.2, 0.25) is 0 Å². The van der Waals surface area contributed by atoms with Gasteiger partial charge in [0.2, 0.25) is 5.91 Å². The highest BCUT2D eigenvalue weighted by Crippen LogP contribution is 2.20. The Morgan fingerprint density at radius 2 is 2.04 bits per heavy atom. The van der Waals surface area contributed by atoms with E-state index in [0.717, 1.165) is 44.9 Å². The number of guanidine groups is 1. The third-order valence-electron chi connectivity index (χ3n) is 4.66. The van der Waals surface area contributed by atoms with Crippen LogP contribution in [0.5, 0.6) is 0 Å². The predicted octanol–water partition coefficient (Wildman–Crippen LogP) is 2.58. The number of hydrogen-bond acceptors (Lipinski definition) is 2. The number of amides is 1. The summed E-state index contributed by atoms with van der Waals surface area (Å²) >= 11 is 0. The van der Waals surface area contributed by atoms with E-state index in [1.165, 1.54) is 11.1 Å². The van der Waals surface area contributed by atoms with Crippen molar-refractivity contribution < 1.29 is 4.79 Å². The van der Waals surface area contributed by atoms with Crippen LogP contribution in [0.15, 0.2) is 29.3 Å². The summed E-state index contributed by atoms with van der Waals surface area (Å²) in [6.07, 6.45) is 3.73. The van der Waals surface area contributed by atoms with Crippen LogP contribution < -0.4 is 10.6 Å². The molecule has 1 aromatic rings. The lowest BCUT2D eigenvalue weighted by molar-refractivity contribution is -0.121. The Morgan fingerprint density at radius 1 is 1.32 bits per heavy atom. The van der Waals surface area contributed by atoms with Crippen LogP contribution in [0.4, 0.5) is 0 Å². The predicted molar refractivity (Wildman–Crippen MR) is 115 cm³/mol. The van der Waals surface area contributed by atoms with Gasteiger partial charge in [0.15, 0.2) is 5.96 Å². The molecule has 1 aliphatic rings. The first-order valence-corrected chi connectivity index (χ1v) is 8.84.